The molecule has 24 heavy (non-hydrogen) atoms. The molecule has 0 saturated heterocycles. The van der Waals surface area contributed by atoms with Crippen LogP contribution in [0, 0.1) is 0 Å². The summed E-state index contributed by atoms with van der Waals surface area (Å²) in [4.78, 5) is 23.7. The third-order valence-corrected chi connectivity index (χ3v) is 5.53. The van der Waals surface area contributed by atoms with Gasteiger partial charge in [0.2, 0.25) is 11.0 Å². The van der Waals surface area contributed by atoms with Crippen molar-refractivity contribution in [2.24, 2.45) is 0 Å². The van der Waals surface area contributed by atoms with Gasteiger partial charge in [-0.05, 0) is 38.8 Å². The summed E-state index contributed by atoms with van der Waals surface area (Å²) in [5.41, 5.74) is 1.20. The molecule has 1 aromatic carbocycles. The summed E-state index contributed by atoms with van der Waals surface area (Å²) in [6, 6.07) is 7.46. The number of hydrogen-bond acceptors (Lipinski definition) is 7. The second-order valence-corrected chi connectivity index (χ2v) is 8.24. The first-order valence-corrected chi connectivity index (χ1v) is 9.39. The Hall–Kier alpha value is -1.93. The molecular formula is C16H18N4O2S2. The number of thioether (sulfide) groups is 1. The number of amides is 1. The van der Waals surface area contributed by atoms with E-state index in [1.165, 1.54) is 42.9 Å². The van der Waals surface area contributed by atoms with E-state index in [1.807, 2.05) is 6.92 Å². The fraction of sp³-hybridized carbons (Fsp3) is 0.375. The molecule has 2 aromatic rings. The molecule has 0 aliphatic heterocycles. The van der Waals surface area contributed by atoms with Crippen LogP contribution in [-0.4, -0.2) is 33.2 Å². The molecule has 8 heteroatoms. The summed E-state index contributed by atoms with van der Waals surface area (Å²) < 4.78 is 0.762. The molecule has 1 atom stereocenters. The van der Waals surface area contributed by atoms with Crippen LogP contribution in [0.3, 0.4) is 0 Å². The predicted molar refractivity (Wildman–Crippen MR) is 96.9 cm³/mol. The van der Waals surface area contributed by atoms with Crippen LogP contribution in [0.15, 0.2) is 28.6 Å². The van der Waals surface area contributed by atoms with Gasteiger partial charge in [0.1, 0.15) is 0 Å². The van der Waals surface area contributed by atoms with Crippen molar-refractivity contribution in [1.82, 2.24) is 10.2 Å². The molecule has 1 aromatic heterocycles. The highest BCUT2D eigenvalue weighted by molar-refractivity contribution is 8.02. The standard InChI is InChI=1S/C16H18N4O2S2/c1-9(21)11-4-3-5-13(8-11)17-14(22)10(2)23-16-20-19-15(24-16)18-12-6-7-12/h3-5,8,10,12H,6-7H2,1-2H3,(H,17,22)(H,18,19)/t10-/m0/s1. The molecule has 0 radical (unpaired) electrons. The molecule has 0 spiro atoms. The number of benzene rings is 1. The molecule has 126 valence electrons. The van der Waals surface area contributed by atoms with Crippen molar-refractivity contribution in [2.45, 2.75) is 42.3 Å². The minimum absolute atomic E-state index is 0.0296. The van der Waals surface area contributed by atoms with Crippen LogP contribution >= 0.6 is 23.1 Å². The lowest BCUT2D eigenvalue weighted by Crippen LogP contribution is -2.22. The highest BCUT2D eigenvalue weighted by Gasteiger charge is 2.23. The number of hydrogen-bond donors (Lipinski definition) is 2. The Balaban J connectivity index is 1.56. The van der Waals surface area contributed by atoms with Gasteiger partial charge < -0.3 is 10.6 Å². The number of carbonyl (C=O) groups excluding carboxylic acids is 2. The van der Waals surface area contributed by atoms with Crippen LogP contribution in [0.1, 0.15) is 37.0 Å². The molecule has 6 nitrogen and oxygen atoms in total. The molecular weight excluding hydrogens is 344 g/mol. The van der Waals surface area contributed by atoms with E-state index < -0.39 is 0 Å². The average Bonchev–Trinajstić information content (AvgIpc) is 3.26. The first kappa shape index (κ1) is 16.9. The first-order chi connectivity index (χ1) is 11.5. The van der Waals surface area contributed by atoms with Gasteiger partial charge in [-0.1, -0.05) is 35.2 Å². The third-order valence-electron chi connectivity index (χ3n) is 3.49. The maximum Gasteiger partial charge on any atom is 0.237 e. The summed E-state index contributed by atoms with van der Waals surface area (Å²) in [6.45, 7) is 3.33. The van der Waals surface area contributed by atoms with E-state index in [9.17, 15) is 9.59 Å². The quantitative estimate of drug-likeness (QED) is 0.580. The monoisotopic (exact) mass is 362 g/mol. The average molecular weight is 362 g/mol. The van der Waals surface area contributed by atoms with E-state index >= 15 is 0 Å². The number of anilines is 2. The van der Waals surface area contributed by atoms with Crippen molar-refractivity contribution in [3.8, 4) is 0 Å². The zero-order valence-corrected chi connectivity index (χ0v) is 15.0. The SMILES string of the molecule is CC(=O)c1cccc(NC(=O)[C@H](C)Sc2nnc(NC3CC3)s2)c1. The van der Waals surface area contributed by atoms with Gasteiger partial charge in [-0.25, -0.2) is 0 Å². The normalized spacial score (nSPS) is 14.9. The van der Waals surface area contributed by atoms with Crippen LogP contribution in [0.2, 0.25) is 0 Å². The van der Waals surface area contributed by atoms with Crippen LogP contribution in [0.25, 0.3) is 0 Å². The predicted octanol–water partition coefficient (Wildman–Crippen LogP) is 3.43. The molecule has 1 heterocycles. The lowest BCUT2D eigenvalue weighted by atomic mass is 10.1. The van der Waals surface area contributed by atoms with Crippen LogP contribution in [0.5, 0.6) is 0 Å². The van der Waals surface area contributed by atoms with E-state index in [2.05, 4.69) is 20.8 Å². The third kappa shape index (κ3) is 4.55. The topological polar surface area (TPSA) is 84.0 Å². The number of ketones is 1. The van der Waals surface area contributed by atoms with Gasteiger partial charge in [-0.2, -0.15) is 0 Å². The number of carbonyl (C=O) groups is 2. The zero-order valence-electron chi connectivity index (χ0n) is 13.4. The van der Waals surface area contributed by atoms with Crippen molar-refractivity contribution >= 4 is 45.6 Å². The van der Waals surface area contributed by atoms with E-state index in [0.29, 0.717) is 17.3 Å². The number of nitrogens with zero attached hydrogens (tertiary/aromatic N) is 2. The molecule has 0 unspecified atom stereocenters. The van der Waals surface area contributed by atoms with Gasteiger partial charge in [0.15, 0.2) is 10.1 Å². The van der Waals surface area contributed by atoms with Crippen LogP contribution < -0.4 is 10.6 Å². The van der Waals surface area contributed by atoms with Gasteiger partial charge in [0.05, 0.1) is 5.25 Å². The second-order valence-electron chi connectivity index (χ2n) is 5.68. The zero-order chi connectivity index (χ0) is 17.1. The van der Waals surface area contributed by atoms with Gasteiger partial charge in [-0.3, -0.25) is 9.59 Å². The Kier molecular flexibility index (Phi) is 5.15. The van der Waals surface area contributed by atoms with E-state index in [0.717, 1.165) is 9.47 Å². The number of aromatic nitrogens is 2. The van der Waals surface area contributed by atoms with Crippen LogP contribution in [0.4, 0.5) is 10.8 Å². The van der Waals surface area contributed by atoms with E-state index in [-0.39, 0.29) is 16.9 Å². The molecule has 1 aliphatic rings. The maximum absolute atomic E-state index is 12.3. The Bertz CT molecular complexity index is 758. The minimum atomic E-state index is -0.312. The smallest absolute Gasteiger partial charge is 0.237 e. The van der Waals surface area contributed by atoms with E-state index in [4.69, 9.17) is 0 Å². The van der Waals surface area contributed by atoms with Crippen molar-refractivity contribution in [3.63, 3.8) is 0 Å². The Labute approximate surface area is 148 Å². The van der Waals surface area contributed by atoms with Crippen molar-refractivity contribution in [1.29, 1.82) is 0 Å². The fourth-order valence-corrected chi connectivity index (χ4v) is 3.96. The van der Waals surface area contributed by atoms with Crippen molar-refractivity contribution in [2.75, 3.05) is 10.6 Å². The maximum atomic E-state index is 12.3. The molecule has 2 N–H and O–H groups in total. The van der Waals surface area contributed by atoms with Crippen LogP contribution in [-0.2, 0) is 4.79 Å². The highest BCUT2D eigenvalue weighted by atomic mass is 32.2. The summed E-state index contributed by atoms with van der Waals surface area (Å²) >= 11 is 2.84. The van der Waals surface area contributed by atoms with Crippen molar-refractivity contribution < 1.29 is 9.59 Å². The fourth-order valence-electron chi connectivity index (χ4n) is 1.98. The van der Waals surface area contributed by atoms with Crippen molar-refractivity contribution in [3.05, 3.63) is 29.8 Å². The summed E-state index contributed by atoms with van der Waals surface area (Å²) in [6.07, 6.45) is 2.36. The summed E-state index contributed by atoms with van der Waals surface area (Å²) in [7, 11) is 0. The van der Waals surface area contributed by atoms with Gasteiger partial charge >= 0.3 is 0 Å². The highest BCUT2D eigenvalue weighted by Crippen LogP contribution is 2.32. The second kappa shape index (κ2) is 7.31. The van der Waals surface area contributed by atoms with Gasteiger partial charge in [0.25, 0.3) is 0 Å². The Morgan fingerprint density at radius 1 is 1.33 bits per heavy atom. The van der Waals surface area contributed by atoms with Gasteiger partial charge in [0, 0.05) is 17.3 Å². The first-order valence-electron chi connectivity index (χ1n) is 7.70. The molecule has 1 amide bonds. The number of nitrogens with one attached hydrogen (secondary N) is 2. The Morgan fingerprint density at radius 3 is 2.83 bits per heavy atom. The summed E-state index contributed by atoms with van der Waals surface area (Å²) in [5.74, 6) is -0.161. The molecule has 0 bridgehead atoms. The minimum Gasteiger partial charge on any atom is -0.357 e. The largest absolute Gasteiger partial charge is 0.357 e. The Morgan fingerprint density at radius 2 is 2.12 bits per heavy atom. The molecule has 1 saturated carbocycles. The number of rotatable bonds is 7. The molecule has 3 rings (SSSR count). The molecule has 1 aliphatic carbocycles. The van der Waals surface area contributed by atoms with E-state index in [1.54, 1.807) is 24.3 Å². The lowest BCUT2D eigenvalue weighted by Gasteiger charge is -2.10. The summed E-state index contributed by atoms with van der Waals surface area (Å²) in [5, 5.41) is 14.8. The van der Waals surface area contributed by atoms with Gasteiger partial charge in [-0.15, -0.1) is 10.2 Å². The number of Topliss-reactive ketones (excluding diaryl/α,β-unsaturated/α-hetero) is 1. The lowest BCUT2D eigenvalue weighted by molar-refractivity contribution is -0.115. The molecule has 1 fully saturated rings.